The molecule has 0 saturated heterocycles. The van der Waals surface area contributed by atoms with Gasteiger partial charge in [0.2, 0.25) is 5.91 Å². The molecule has 1 aromatic carbocycles. The summed E-state index contributed by atoms with van der Waals surface area (Å²) in [4.78, 5) is 11.5. The molecule has 0 heterocycles. The van der Waals surface area contributed by atoms with Crippen LogP contribution in [0.25, 0.3) is 0 Å². The van der Waals surface area contributed by atoms with Gasteiger partial charge in [-0.15, -0.1) is 23.9 Å². The fraction of sp³-hybridized carbons (Fsp3) is 0.250. The summed E-state index contributed by atoms with van der Waals surface area (Å²) in [6.07, 6.45) is 5.59. The van der Waals surface area contributed by atoms with E-state index in [1.54, 1.807) is 0 Å². The molecule has 0 radical (unpaired) electrons. The lowest BCUT2D eigenvalue weighted by Gasteiger charge is -2.09. The Labute approximate surface area is 94.6 Å². The third-order valence-corrected chi connectivity index (χ3v) is 2.34. The van der Waals surface area contributed by atoms with Crippen molar-refractivity contribution in [1.29, 1.82) is 0 Å². The maximum atomic E-state index is 11.5. The minimum absolute atomic E-state index is 0.210. The number of carbonyl (C=O) groups excluding carboxylic acids is 1. The van der Waals surface area contributed by atoms with Gasteiger partial charge in [0.05, 0.1) is 0 Å². The van der Waals surface area contributed by atoms with Gasteiger partial charge in [-0.3, -0.25) is 4.79 Å². The second-order valence-corrected chi connectivity index (χ2v) is 3.45. The van der Waals surface area contributed by atoms with Crippen LogP contribution in [0.5, 0.6) is 0 Å². The van der Waals surface area contributed by atoms with E-state index in [1.807, 2.05) is 30.3 Å². The number of alkyl halides is 1. The normalized spacial score (nSPS) is 11.5. The number of nitrogens with one attached hydrogen (secondary N) is 1. The van der Waals surface area contributed by atoms with Crippen molar-refractivity contribution in [3.05, 3.63) is 35.9 Å². The van der Waals surface area contributed by atoms with E-state index in [2.05, 4.69) is 11.2 Å². The van der Waals surface area contributed by atoms with Crippen LogP contribution in [0.2, 0.25) is 0 Å². The number of carbonyl (C=O) groups is 1. The summed E-state index contributed by atoms with van der Waals surface area (Å²) >= 11 is 5.97. The lowest BCUT2D eigenvalue weighted by Crippen LogP contribution is -2.27. The second kappa shape index (κ2) is 6.10. The Hall–Kier alpha value is -1.46. The van der Waals surface area contributed by atoms with E-state index in [9.17, 15) is 4.79 Å². The fourth-order valence-electron chi connectivity index (χ4n) is 1.12. The van der Waals surface area contributed by atoms with Gasteiger partial charge in [0.25, 0.3) is 0 Å². The number of benzene rings is 1. The van der Waals surface area contributed by atoms with Crippen LogP contribution in [0.15, 0.2) is 30.3 Å². The van der Waals surface area contributed by atoms with Crippen LogP contribution < -0.4 is 5.32 Å². The minimum atomic E-state index is -0.649. The van der Waals surface area contributed by atoms with Crippen LogP contribution in [0, 0.1) is 12.3 Å². The molecule has 0 spiro atoms. The highest BCUT2D eigenvalue weighted by atomic mass is 35.5. The molecule has 0 aliphatic rings. The Morgan fingerprint density at radius 2 is 2.13 bits per heavy atom. The first-order valence-corrected chi connectivity index (χ1v) is 5.09. The smallest absolute Gasteiger partial charge is 0.242 e. The SMILES string of the molecule is C#CCCNC(=O)C(Cl)c1ccccc1. The first-order chi connectivity index (χ1) is 7.25. The Morgan fingerprint density at radius 1 is 1.47 bits per heavy atom. The molecule has 1 amide bonds. The number of hydrogen-bond donors (Lipinski definition) is 1. The van der Waals surface area contributed by atoms with E-state index in [0.717, 1.165) is 5.56 Å². The maximum absolute atomic E-state index is 11.5. The van der Waals surface area contributed by atoms with E-state index in [4.69, 9.17) is 18.0 Å². The van der Waals surface area contributed by atoms with Gasteiger partial charge in [0.15, 0.2) is 0 Å². The van der Waals surface area contributed by atoms with Gasteiger partial charge in [-0.2, -0.15) is 0 Å². The molecule has 2 nitrogen and oxygen atoms in total. The molecule has 0 saturated carbocycles. The summed E-state index contributed by atoms with van der Waals surface area (Å²) in [6.45, 7) is 0.464. The van der Waals surface area contributed by atoms with Crippen LogP contribution in [0.4, 0.5) is 0 Å². The molecular weight excluding hydrogens is 210 g/mol. The van der Waals surface area contributed by atoms with E-state index in [-0.39, 0.29) is 5.91 Å². The molecule has 1 N–H and O–H groups in total. The van der Waals surface area contributed by atoms with Crippen molar-refractivity contribution in [2.45, 2.75) is 11.8 Å². The zero-order valence-electron chi connectivity index (χ0n) is 8.24. The predicted octanol–water partition coefficient (Wildman–Crippen LogP) is 2.11. The monoisotopic (exact) mass is 221 g/mol. The summed E-state index contributed by atoms with van der Waals surface area (Å²) in [5.74, 6) is 2.23. The molecule has 1 unspecified atom stereocenters. The second-order valence-electron chi connectivity index (χ2n) is 3.02. The zero-order valence-corrected chi connectivity index (χ0v) is 9.00. The summed E-state index contributed by atoms with van der Waals surface area (Å²) in [7, 11) is 0. The van der Waals surface area contributed by atoms with Crippen molar-refractivity contribution < 1.29 is 4.79 Å². The first-order valence-electron chi connectivity index (χ1n) is 4.66. The van der Waals surface area contributed by atoms with Crippen molar-refractivity contribution in [1.82, 2.24) is 5.32 Å². The topological polar surface area (TPSA) is 29.1 Å². The lowest BCUT2D eigenvalue weighted by molar-refractivity contribution is -0.120. The van der Waals surface area contributed by atoms with Crippen LogP contribution in [-0.2, 0) is 4.79 Å². The molecule has 15 heavy (non-hydrogen) atoms. The lowest BCUT2D eigenvalue weighted by atomic mass is 10.1. The van der Waals surface area contributed by atoms with Crippen LogP contribution in [0.3, 0.4) is 0 Å². The molecule has 0 aliphatic heterocycles. The Kier molecular flexibility index (Phi) is 4.73. The highest BCUT2D eigenvalue weighted by Crippen LogP contribution is 2.19. The highest BCUT2D eigenvalue weighted by molar-refractivity contribution is 6.30. The molecule has 3 heteroatoms. The number of amides is 1. The predicted molar refractivity (Wildman–Crippen MR) is 61.5 cm³/mol. The molecule has 1 atom stereocenters. The average molecular weight is 222 g/mol. The van der Waals surface area contributed by atoms with Gasteiger partial charge in [0, 0.05) is 13.0 Å². The molecular formula is C12H12ClNO. The molecule has 78 valence electrons. The van der Waals surface area contributed by atoms with Gasteiger partial charge in [-0.1, -0.05) is 30.3 Å². The number of rotatable bonds is 4. The standard InChI is InChI=1S/C12H12ClNO/c1-2-3-9-14-12(15)11(13)10-7-5-4-6-8-10/h1,4-8,11H,3,9H2,(H,14,15). The van der Waals surface area contributed by atoms with E-state index in [1.165, 1.54) is 0 Å². The molecule has 0 bridgehead atoms. The Balaban J connectivity index is 2.51. The van der Waals surface area contributed by atoms with Crippen molar-refractivity contribution in [3.8, 4) is 12.3 Å². The van der Waals surface area contributed by atoms with Crippen molar-refractivity contribution >= 4 is 17.5 Å². The van der Waals surface area contributed by atoms with Gasteiger partial charge >= 0.3 is 0 Å². The third kappa shape index (κ3) is 3.65. The molecule has 0 aliphatic carbocycles. The van der Waals surface area contributed by atoms with Gasteiger partial charge in [-0.25, -0.2) is 0 Å². The Bertz CT molecular complexity index is 356. The minimum Gasteiger partial charge on any atom is -0.354 e. The van der Waals surface area contributed by atoms with E-state index < -0.39 is 5.38 Å². The van der Waals surface area contributed by atoms with Crippen LogP contribution in [0.1, 0.15) is 17.4 Å². The Morgan fingerprint density at radius 3 is 2.73 bits per heavy atom. The van der Waals surface area contributed by atoms with Gasteiger partial charge in [0.1, 0.15) is 5.38 Å². The molecule has 0 fully saturated rings. The fourth-order valence-corrected chi connectivity index (χ4v) is 1.34. The van der Waals surface area contributed by atoms with E-state index >= 15 is 0 Å². The number of terminal acetylenes is 1. The van der Waals surface area contributed by atoms with E-state index in [0.29, 0.717) is 13.0 Å². The van der Waals surface area contributed by atoms with Crippen molar-refractivity contribution in [2.24, 2.45) is 0 Å². The molecule has 1 aromatic rings. The number of halogens is 1. The number of hydrogen-bond acceptors (Lipinski definition) is 1. The molecule has 0 aromatic heterocycles. The largest absolute Gasteiger partial charge is 0.354 e. The summed E-state index contributed by atoms with van der Waals surface area (Å²) in [5, 5.41) is 2.02. The third-order valence-electron chi connectivity index (χ3n) is 1.89. The van der Waals surface area contributed by atoms with Crippen molar-refractivity contribution in [2.75, 3.05) is 6.54 Å². The maximum Gasteiger partial charge on any atom is 0.242 e. The van der Waals surface area contributed by atoms with Crippen LogP contribution in [-0.4, -0.2) is 12.5 Å². The highest BCUT2D eigenvalue weighted by Gasteiger charge is 2.15. The summed E-state index contributed by atoms with van der Waals surface area (Å²) < 4.78 is 0. The quantitative estimate of drug-likeness (QED) is 0.471. The first kappa shape index (κ1) is 11.6. The van der Waals surface area contributed by atoms with Gasteiger partial charge in [-0.05, 0) is 5.56 Å². The summed E-state index contributed by atoms with van der Waals surface area (Å²) in [6, 6.07) is 9.21. The van der Waals surface area contributed by atoms with Crippen LogP contribution >= 0.6 is 11.6 Å². The van der Waals surface area contributed by atoms with Gasteiger partial charge < -0.3 is 5.32 Å². The zero-order chi connectivity index (χ0) is 11.1. The average Bonchev–Trinajstić information content (AvgIpc) is 2.29. The molecule has 1 rings (SSSR count). The summed E-state index contributed by atoms with van der Waals surface area (Å²) in [5.41, 5.74) is 0.789. The van der Waals surface area contributed by atoms with Crippen molar-refractivity contribution in [3.63, 3.8) is 0 Å².